The number of carbonyl (C=O) groups excluding carboxylic acids is 1. The molecular formula is C17H17NO4S. The van der Waals surface area contributed by atoms with Crippen molar-refractivity contribution in [2.45, 2.75) is 6.54 Å². The SMILES string of the molecule is COC(=O)c1ccc(CNS(=O)(=O)C=Cc2ccccc2)cc1. The number of sulfonamides is 1. The first-order valence-corrected chi connectivity index (χ1v) is 8.45. The number of ether oxygens (including phenoxy) is 1. The summed E-state index contributed by atoms with van der Waals surface area (Å²) in [5, 5.41) is 1.13. The van der Waals surface area contributed by atoms with E-state index in [4.69, 9.17) is 0 Å². The van der Waals surface area contributed by atoms with Crippen LogP contribution in [0.4, 0.5) is 0 Å². The van der Waals surface area contributed by atoms with E-state index in [1.54, 1.807) is 24.3 Å². The van der Waals surface area contributed by atoms with E-state index in [2.05, 4.69) is 9.46 Å². The lowest BCUT2D eigenvalue weighted by Crippen LogP contribution is -2.20. The fourth-order valence-corrected chi connectivity index (χ4v) is 2.64. The highest BCUT2D eigenvalue weighted by Gasteiger charge is 2.07. The molecule has 0 aliphatic rings. The molecule has 5 nitrogen and oxygen atoms in total. The van der Waals surface area contributed by atoms with Crippen LogP contribution in [0.2, 0.25) is 0 Å². The summed E-state index contributed by atoms with van der Waals surface area (Å²) >= 11 is 0. The molecule has 0 amide bonds. The number of carbonyl (C=O) groups is 1. The summed E-state index contributed by atoms with van der Waals surface area (Å²) in [7, 11) is -2.22. The Bertz CT molecular complexity index is 781. The quantitative estimate of drug-likeness (QED) is 0.826. The Hall–Kier alpha value is -2.44. The van der Waals surface area contributed by atoms with Gasteiger partial charge >= 0.3 is 5.97 Å². The highest BCUT2D eigenvalue weighted by atomic mass is 32.2. The molecule has 120 valence electrons. The van der Waals surface area contributed by atoms with Gasteiger partial charge in [-0.25, -0.2) is 17.9 Å². The number of rotatable bonds is 6. The molecular weight excluding hydrogens is 314 g/mol. The van der Waals surface area contributed by atoms with E-state index in [1.165, 1.54) is 13.2 Å². The lowest BCUT2D eigenvalue weighted by molar-refractivity contribution is 0.0600. The van der Waals surface area contributed by atoms with Gasteiger partial charge in [-0.1, -0.05) is 42.5 Å². The van der Waals surface area contributed by atoms with Crippen molar-refractivity contribution >= 4 is 22.1 Å². The number of benzene rings is 2. The Labute approximate surface area is 135 Å². The van der Waals surface area contributed by atoms with Gasteiger partial charge in [0, 0.05) is 12.0 Å². The number of nitrogens with one attached hydrogen (secondary N) is 1. The van der Waals surface area contributed by atoms with Gasteiger partial charge < -0.3 is 4.74 Å². The lowest BCUT2D eigenvalue weighted by atomic mass is 10.1. The molecule has 0 atom stereocenters. The van der Waals surface area contributed by atoms with Crippen LogP contribution in [0.5, 0.6) is 0 Å². The average molecular weight is 331 g/mol. The Morgan fingerprint density at radius 3 is 2.35 bits per heavy atom. The predicted molar refractivity (Wildman–Crippen MR) is 89.0 cm³/mol. The molecule has 0 aromatic heterocycles. The zero-order valence-corrected chi connectivity index (χ0v) is 13.4. The summed E-state index contributed by atoms with van der Waals surface area (Å²) in [4.78, 5) is 11.3. The maximum absolute atomic E-state index is 11.9. The van der Waals surface area contributed by atoms with Gasteiger partial charge in [0.1, 0.15) is 0 Å². The number of hydrogen-bond acceptors (Lipinski definition) is 4. The van der Waals surface area contributed by atoms with Crippen LogP contribution in [-0.2, 0) is 21.3 Å². The summed E-state index contributed by atoms with van der Waals surface area (Å²) in [5.74, 6) is -0.428. The second-order valence-corrected chi connectivity index (χ2v) is 6.42. The molecule has 0 unspecified atom stereocenters. The molecule has 0 saturated heterocycles. The summed E-state index contributed by atoms with van der Waals surface area (Å²) in [6, 6.07) is 15.7. The normalized spacial score (nSPS) is 11.5. The van der Waals surface area contributed by atoms with Crippen LogP contribution in [0.3, 0.4) is 0 Å². The van der Waals surface area contributed by atoms with E-state index in [9.17, 15) is 13.2 Å². The maximum Gasteiger partial charge on any atom is 0.337 e. The molecule has 0 heterocycles. The number of methoxy groups -OCH3 is 1. The van der Waals surface area contributed by atoms with Gasteiger partial charge in [-0.15, -0.1) is 0 Å². The van der Waals surface area contributed by atoms with Crippen LogP contribution in [0.1, 0.15) is 21.5 Å². The van der Waals surface area contributed by atoms with Gasteiger partial charge in [-0.2, -0.15) is 0 Å². The van der Waals surface area contributed by atoms with Gasteiger partial charge in [0.15, 0.2) is 0 Å². The Morgan fingerprint density at radius 1 is 1.09 bits per heavy atom. The number of hydrogen-bond donors (Lipinski definition) is 1. The molecule has 0 radical (unpaired) electrons. The minimum atomic E-state index is -3.53. The molecule has 0 spiro atoms. The summed E-state index contributed by atoms with van der Waals surface area (Å²) < 4.78 is 30.9. The van der Waals surface area contributed by atoms with Gasteiger partial charge in [0.25, 0.3) is 0 Å². The molecule has 2 rings (SSSR count). The van der Waals surface area contributed by atoms with Crippen molar-refractivity contribution in [1.82, 2.24) is 4.72 Å². The minimum Gasteiger partial charge on any atom is -0.465 e. The predicted octanol–water partition coefficient (Wildman–Crippen LogP) is 2.56. The van der Waals surface area contributed by atoms with E-state index in [-0.39, 0.29) is 6.54 Å². The Kier molecular flexibility index (Phi) is 5.67. The van der Waals surface area contributed by atoms with Crippen molar-refractivity contribution in [2.24, 2.45) is 0 Å². The van der Waals surface area contributed by atoms with E-state index in [1.807, 2.05) is 30.3 Å². The maximum atomic E-state index is 11.9. The summed E-state index contributed by atoms with van der Waals surface area (Å²) in [6.45, 7) is 0.142. The molecule has 6 heteroatoms. The topological polar surface area (TPSA) is 72.5 Å². The average Bonchev–Trinajstić information content (AvgIpc) is 2.59. The minimum absolute atomic E-state index is 0.142. The van der Waals surface area contributed by atoms with Crippen LogP contribution in [0, 0.1) is 0 Å². The fourth-order valence-electron chi connectivity index (χ4n) is 1.84. The molecule has 0 aliphatic heterocycles. The summed E-state index contributed by atoms with van der Waals surface area (Å²) in [6.07, 6.45) is 1.53. The van der Waals surface area contributed by atoms with Crippen LogP contribution in [0.25, 0.3) is 6.08 Å². The summed E-state index contributed by atoms with van der Waals surface area (Å²) in [5.41, 5.74) is 1.97. The molecule has 2 aromatic carbocycles. The first-order valence-electron chi connectivity index (χ1n) is 6.90. The van der Waals surface area contributed by atoms with Crippen LogP contribution >= 0.6 is 0 Å². The molecule has 2 aromatic rings. The van der Waals surface area contributed by atoms with Crippen molar-refractivity contribution in [2.75, 3.05) is 7.11 Å². The largest absolute Gasteiger partial charge is 0.465 e. The third-order valence-corrected chi connectivity index (χ3v) is 4.13. The van der Waals surface area contributed by atoms with Crippen molar-refractivity contribution in [3.63, 3.8) is 0 Å². The molecule has 23 heavy (non-hydrogen) atoms. The van der Waals surface area contributed by atoms with E-state index in [0.29, 0.717) is 5.56 Å². The van der Waals surface area contributed by atoms with E-state index < -0.39 is 16.0 Å². The first kappa shape index (κ1) is 16.9. The smallest absolute Gasteiger partial charge is 0.337 e. The van der Waals surface area contributed by atoms with Crippen LogP contribution in [-0.4, -0.2) is 21.5 Å². The number of esters is 1. The van der Waals surface area contributed by atoms with Gasteiger partial charge in [-0.3, -0.25) is 0 Å². The van der Waals surface area contributed by atoms with Crippen molar-refractivity contribution in [3.8, 4) is 0 Å². The monoisotopic (exact) mass is 331 g/mol. The van der Waals surface area contributed by atoms with Gasteiger partial charge in [0.05, 0.1) is 12.7 Å². The zero-order valence-electron chi connectivity index (χ0n) is 12.6. The molecule has 0 bridgehead atoms. The highest BCUT2D eigenvalue weighted by Crippen LogP contribution is 2.07. The Morgan fingerprint density at radius 2 is 1.74 bits per heavy atom. The molecule has 0 fully saturated rings. The zero-order chi connectivity index (χ0) is 16.7. The molecule has 0 saturated carbocycles. The van der Waals surface area contributed by atoms with Gasteiger partial charge in [-0.05, 0) is 29.3 Å². The van der Waals surface area contributed by atoms with Gasteiger partial charge in [0.2, 0.25) is 10.0 Å². The highest BCUT2D eigenvalue weighted by molar-refractivity contribution is 7.92. The Balaban J connectivity index is 1.96. The van der Waals surface area contributed by atoms with E-state index >= 15 is 0 Å². The standard InChI is InChI=1S/C17H17NO4S/c1-22-17(19)16-9-7-15(8-10-16)13-18-23(20,21)12-11-14-5-3-2-4-6-14/h2-12,18H,13H2,1H3. The first-order chi connectivity index (χ1) is 11.0. The molecule has 1 N–H and O–H groups in total. The third kappa shape index (κ3) is 5.36. The van der Waals surface area contributed by atoms with Crippen LogP contribution in [0.15, 0.2) is 60.0 Å². The van der Waals surface area contributed by atoms with Crippen LogP contribution < -0.4 is 4.72 Å². The van der Waals surface area contributed by atoms with Crippen molar-refractivity contribution in [3.05, 3.63) is 76.7 Å². The third-order valence-electron chi connectivity index (χ3n) is 3.09. The second-order valence-electron chi connectivity index (χ2n) is 4.77. The van der Waals surface area contributed by atoms with E-state index in [0.717, 1.165) is 16.5 Å². The molecule has 0 aliphatic carbocycles. The lowest BCUT2D eigenvalue weighted by Gasteiger charge is -2.04. The second kappa shape index (κ2) is 7.71. The van der Waals surface area contributed by atoms with Crippen molar-refractivity contribution < 1.29 is 17.9 Å². The fraction of sp³-hybridized carbons (Fsp3) is 0.118. The van der Waals surface area contributed by atoms with Crippen molar-refractivity contribution in [1.29, 1.82) is 0 Å².